The van der Waals surface area contributed by atoms with Crippen LogP contribution in [0, 0.1) is 5.82 Å². The lowest BCUT2D eigenvalue weighted by Gasteiger charge is -2.13. The number of rotatable bonds is 5. The molecule has 0 aliphatic carbocycles. The van der Waals surface area contributed by atoms with E-state index in [2.05, 4.69) is 20.2 Å². The number of oxazole rings is 1. The second-order valence-electron chi connectivity index (χ2n) is 6.21. The van der Waals surface area contributed by atoms with Crippen LogP contribution in [0.3, 0.4) is 0 Å². The van der Waals surface area contributed by atoms with E-state index in [0.29, 0.717) is 24.4 Å². The first kappa shape index (κ1) is 16.4. The number of carbonyl (C=O) groups excluding carboxylic acids is 1. The van der Waals surface area contributed by atoms with Gasteiger partial charge in [-0.3, -0.25) is 14.7 Å². The summed E-state index contributed by atoms with van der Waals surface area (Å²) >= 11 is 0. The summed E-state index contributed by atoms with van der Waals surface area (Å²) in [5.41, 5.74) is 2.58. The molecule has 2 aromatic heterocycles. The SMILES string of the molecule is O=C(NCc1cccc(F)c1)c1nc2c(o1)CN(Cc1cccnc1)C2. The highest BCUT2D eigenvalue weighted by Gasteiger charge is 2.27. The van der Waals surface area contributed by atoms with E-state index in [1.165, 1.54) is 12.1 Å². The maximum Gasteiger partial charge on any atom is 0.307 e. The Morgan fingerprint density at radius 3 is 2.88 bits per heavy atom. The zero-order valence-corrected chi connectivity index (χ0v) is 14.0. The number of nitrogens with one attached hydrogen (secondary N) is 1. The highest BCUT2D eigenvalue weighted by Crippen LogP contribution is 2.24. The molecule has 4 rings (SSSR count). The van der Waals surface area contributed by atoms with Crippen LogP contribution in [0.2, 0.25) is 0 Å². The molecule has 1 aliphatic rings. The van der Waals surface area contributed by atoms with Crippen molar-refractivity contribution in [3.8, 4) is 0 Å². The zero-order chi connectivity index (χ0) is 17.9. The normalized spacial score (nSPS) is 13.6. The smallest absolute Gasteiger partial charge is 0.307 e. The number of fused-ring (bicyclic) bond motifs is 1. The predicted molar refractivity (Wildman–Crippen MR) is 91.3 cm³/mol. The summed E-state index contributed by atoms with van der Waals surface area (Å²) in [6, 6.07) is 10.0. The van der Waals surface area contributed by atoms with E-state index >= 15 is 0 Å². The Morgan fingerprint density at radius 1 is 1.23 bits per heavy atom. The molecule has 0 unspecified atom stereocenters. The van der Waals surface area contributed by atoms with Crippen LogP contribution < -0.4 is 5.32 Å². The Labute approximate surface area is 149 Å². The second kappa shape index (κ2) is 7.05. The first-order valence-corrected chi connectivity index (χ1v) is 8.30. The van der Waals surface area contributed by atoms with Crippen molar-refractivity contribution in [2.45, 2.75) is 26.2 Å². The van der Waals surface area contributed by atoms with Crippen LogP contribution in [0.5, 0.6) is 0 Å². The van der Waals surface area contributed by atoms with Gasteiger partial charge in [0.15, 0.2) is 0 Å². The van der Waals surface area contributed by atoms with Gasteiger partial charge in [-0.2, -0.15) is 0 Å². The van der Waals surface area contributed by atoms with Gasteiger partial charge in [0.05, 0.1) is 12.2 Å². The van der Waals surface area contributed by atoms with E-state index in [9.17, 15) is 9.18 Å². The minimum absolute atomic E-state index is 0.0485. The molecule has 26 heavy (non-hydrogen) atoms. The highest BCUT2D eigenvalue weighted by atomic mass is 19.1. The van der Waals surface area contributed by atoms with Gasteiger partial charge in [-0.05, 0) is 29.3 Å². The molecular weight excluding hydrogens is 335 g/mol. The standard InChI is InChI=1S/C19H17FN4O2/c20-15-5-1-3-13(7-15)9-22-18(25)19-23-16-11-24(12-17(16)26-19)10-14-4-2-6-21-8-14/h1-8H,9-12H2,(H,22,25). The van der Waals surface area contributed by atoms with Crippen molar-refractivity contribution in [3.63, 3.8) is 0 Å². The molecule has 0 bridgehead atoms. The van der Waals surface area contributed by atoms with Crippen LogP contribution in [0.15, 0.2) is 53.2 Å². The molecule has 1 aliphatic heterocycles. The van der Waals surface area contributed by atoms with Gasteiger partial charge in [0.2, 0.25) is 0 Å². The zero-order valence-electron chi connectivity index (χ0n) is 14.0. The number of hydrogen-bond acceptors (Lipinski definition) is 5. The lowest BCUT2D eigenvalue weighted by atomic mass is 10.2. The molecular formula is C19H17FN4O2. The van der Waals surface area contributed by atoms with E-state index in [1.807, 2.05) is 18.3 Å². The molecule has 0 fully saturated rings. The Balaban J connectivity index is 1.35. The van der Waals surface area contributed by atoms with Gasteiger partial charge < -0.3 is 9.73 Å². The van der Waals surface area contributed by atoms with Gasteiger partial charge in [-0.25, -0.2) is 9.37 Å². The summed E-state index contributed by atoms with van der Waals surface area (Å²) in [6.45, 7) is 2.21. The summed E-state index contributed by atoms with van der Waals surface area (Å²) < 4.78 is 18.8. The van der Waals surface area contributed by atoms with E-state index in [1.54, 1.807) is 18.3 Å². The van der Waals surface area contributed by atoms with E-state index in [4.69, 9.17) is 4.42 Å². The molecule has 132 valence electrons. The van der Waals surface area contributed by atoms with Crippen LogP contribution in [0.1, 0.15) is 33.3 Å². The number of carbonyl (C=O) groups is 1. The number of hydrogen-bond donors (Lipinski definition) is 1. The fourth-order valence-electron chi connectivity index (χ4n) is 2.96. The van der Waals surface area contributed by atoms with Crippen LogP contribution in [0.25, 0.3) is 0 Å². The van der Waals surface area contributed by atoms with Crippen LogP contribution >= 0.6 is 0 Å². The molecule has 0 radical (unpaired) electrons. The van der Waals surface area contributed by atoms with Crippen molar-refractivity contribution in [1.82, 2.24) is 20.2 Å². The highest BCUT2D eigenvalue weighted by molar-refractivity contribution is 5.89. The molecule has 0 spiro atoms. The molecule has 0 saturated carbocycles. The summed E-state index contributed by atoms with van der Waals surface area (Å²) in [5.74, 6) is 0.0280. The quantitative estimate of drug-likeness (QED) is 0.764. The average Bonchev–Trinajstić information content (AvgIpc) is 3.19. The van der Waals surface area contributed by atoms with Crippen LogP contribution in [-0.2, 0) is 26.2 Å². The minimum Gasteiger partial charge on any atom is -0.436 e. The Morgan fingerprint density at radius 2 is 2.12 bits per heavy atom. The number of aromatic nitrogens is 2. The number of halogens is 1. The van der Waals surface area contributed by atoms with E-state index < -0.39 is 5.91 Å². The first-order chi connectivity index (χ1) is 12.7. The maximum absolute atomic E-state index is 13.2. The third-order valence-corrected chi connectivity index (χ3v) is 4.18. The van der Waals surface area contributed by atoms with Gasteiger partial charge in [-0.15, -0.1) is 0 Å². The number of benzene rings is 1. The molecule has 1 aromatic carbocycles. The lowest BCUT2D eigenvalue weighted by molar-refractivity contribution is 0.0911. The summed E-state index contributed by atoms with van der Waals surface area (Å²) in [6.07, 6.45) is 3.58. The van der Waals surface area contributed by atoms with Crippen molar-refractivity contribution in [2.75, 3.05) is 0 Å². The molecule has 0 atom stereocenters. The average molecular weight is 352 g/mol. The monoisotopic (exact) mass is 352 g/mol. The molecule has 7 heteroatoms. The van der Waals surface area contributed by atoms with Crippen LogP contribution in [0.4, 0.5) is 4.39 Å². The van der Waals surface area contributed by atoms with Gasteiger partial charge >= 0.3 is 5.91 Å². The summed E-state index contributed by atoms with van der Waals surface area (Å²) in [4.78, 5) is 22.8. The van der Waals surface area contributed by atoms with Gasteiger partial charge in [0.1, 0.15) is 11.6 Å². The largest absolute Gasteiger partial charge is 0.436 e. The van der Waals surface area contributed by atoms with Gasteiger partial charge in [0.25, 0.3) is 5.89 Å². The minimum atomic E-state index is -0.400. The Kier molecular flexibility index (Phi) is 4.45. The molecule has 0 saturated heterocycles. The van der Waals surface area contributed by atoms with Crippen molar-refractivity contribution in [2.24, 2.45) is 0 Å². The van der Waals surface area contributed by atoms with Crippen molar-refractivity contribution in [1.29, 1.82) is 0 Å². The summed E-state index contributed by atoms with van der Waals surface area (Å²) in [7, 11) is 0. The summed E-state index contributed by atoms with van der Waals surface area (Å²) in [5, 5.41) is 2.70. The topological polar surface area (TPSA) is 71.3 Å². The first-order valence-electron chi connectivity index (χ1n) is 8.30. The Bertz CT molecular complexity index is 903. The predicted octanol–water partition coefficient (Wildman–Crippen LogP) is 2.65. The third kappa shape index (κ3) is 3.62. The van der Waals surface area contributed by atoms with E-state index in [0.717, 1.165) is 17.8 Å². The molecule has 3 aromatic rings. The fraction of sp³-hybridized carbons (Fsp3) is 0.211. The lowest BCUT2D eigenvalue weighted by Crippen LogP contribution is -2.23. The van der Waals surface area contributed by atoms with Gasteiger partial charge in [-0.1, -0.05) is 18.2 Å². The second-order valence-corrected chi connectivity index (χ2v) is 6.21. The molecule has 1 amide bonds. The molecule has 3 heterocycles. The fourth-order valence-corrected chi connectivity index (χ4v) is 2.96. The van der Waals surface area contributed by atoms with Crippen molar-refractivity contribution in [3.05, 3.63) is 83.1 Å². The van der Waals surface area contributed by atoms with Gasteiger partial charge in [0, 0.05) is 32.0 Å². The number of amides is 1. The van der Waals surface area contributed by atoms with Crippen LogP contribution in [-0.4, -0.2) is 20.8 Å². The van der Waals surface area contributed by atoms with E-state index in [-0.39, 0.29) is 18.3 Å². The number of nitrogens with zero attached hydrogens (tertiary/aromatic N) is 3. The molecule has 1 N–H and O–H groups in total. The third-order valence-electron chi connectivity index (χ3n) is 4.18. The Hall–Kier alpha value is -3.06. The number of pyridine rings is 1. The van der Waals surface area contributed by atoms with Crippen molar-refractivity contribution < 1.29 is 13.6 Å². The van der Waals surface area contributed by atoms with Crippen molar-refractivity contribution >= 4 is 5.91 Å². The maximum atomic E-state index is 13.2. The molecule has 6 nitrogen and oxygen atoms in total.